The Kier molecular flexibility index (Phi) is 4.32. The number of nitrogens with zero attached hydrogens (tertiary/aromatic N) is 1. The first-order chi connectivity index (χ1) is 9.52. The lowest BCUT2D eigenvalue weighted by molar-refractivity contribution is -0.0979. The number of hydrogen-bond donors (Lipinski definition) is 1. The molecule has 1 fully saturated rings. The molecule has 0 heterocycles. The van der Waals surface area contributed by atoms with Crippen molar-refractivity contribution >= 4 is 0 Å². The predicted octanol–water partition coefficient (Wildman–Crippen LogP) is 2.47. The van der Waals surface area contributed by atoms with Crippen molar-refractivity contribution in [1.82, 2.24) is 5.32 Å². The van der Waals surface area contributed by atoms with E-state index in [4.69, 9.17) is 14.7 Å². The molecular formula is C16H22N2O2. The number of nitriles is 1. The maximum Gasteiger partial charge on any atom is 0.123 e. The lowest BCUT2D eigenvalue weighted by Gasteiger charge is -2.51. The van der Waals surface area contributed by atoms with Crippen LogP contribution in [0.3, 0.4) is 0 Å². The van der Waals surface area contributed by atoms with Crippen molar-refractivity contribution in [3.05, 3.63) is 29.3 Å². The normalized spacial score (nSPS) is 23.8. The number of rotatable bonds is 5. The molecule has 4 nitrogen and oxygen atoms in total. The summed E-state index contributed by atoms with van der Waals surface area (Å²) in [7, 11) is 3.42. The molecule has 1 N–H and O–H groups in total. The molecule has 2 rings (SSSR count). The highest BCUT2D eigenvalue weighted by Crippen LogP contribution is 2.42. The highest BCUT2D eigenvalue weighted by Gasteiger charge is 2.48. The smallest absolute Gasteiger partial charge is 0.123 e. The van der Waals surface area contributed by atoms with Crippen LogP contribution < -0.4 is 10.1 Å². The Morgan fingerprint density at radius 1 is 1.40 bits per heavy atom. The quantitative estimate of drug-likeness (QED) is 0.896. The van der Waals surface area contributed by atoms with Crippen LogP contribution in [0.2, 0.25) is 0 Å². The molecule has 4 heteroatoms. The van der Waals surface area contributed by atoms with Crippen LogP contribution >= 0.6 is 0 Å². The molecule has 0 aromatic heterocycles. The van der Waals surface area contributed by atoms with Crippen LogP contribution in [0.4, 0.5) is 0 Å². The zero-order chi connectivity index (χ0) is 14.8. The molecule has 0 radical (unpaired) electrons. The summed E-state index contributed by atoms with van der Waals surface area (Å²) in [6, 6.07) is 8.08. The number of nitrogens with one attached hydrogen (secondary N) is 1. The molecule has 1 aliphatic carbocycles. The second kappa shape index (κ2) is 5.82. The summed E-state index contributed by atoms with van der Waals surface area (Å²) in [5.74, 6) is 0.817. The molecule has 108 valence electrons. The van der Waals surface area contributed by atoms with Gasteiger partial charge in [0.15, 0.2) is 0 Å². The summed E-state index contributed by atoms with van der Waals surface area (Å²) in [6.07, 6.45) is 1.33. The Morgan fingerprint density at radius 2 is 2.15 bits per heavy atom. The van der Waals surface area contributed by atoms with Gasteiger partial charge in [-0.1, -0.05) is 13.8 Å². The fraction of sp³-hybridized carbons (Fsp3) is 0.562. The van der Waals surface area contributed by atoms with Gasteiger partial charge in [-0.25, -0.2) is 0 Å². The molecule has 1 aliphatic rings. The Balaban J connectivity index is 2.03. The standard InChI is InChI=1S/C16H22N2O2/c1-16(2)14(8-15(16)20-4)18-10-12-7-11(9-17)5-6-13(12)19-3/h5-7,14-15,18H,8,10H2,1-4H3. The number of benzene rings is 1. The van der Waals surface area contributed by atoms with E-state index >= 15 is 0 Å². The minimum atomic E-state index is 0.134. The van der Waals surface area contributed by atoms with Crippen molar-refractivity contribution in [3.8, 4) is 11.8 Å². The molecule has 0 bridgehead atoms. The summed E-state index contributed by atoms with van der Waals surface area (Å²) in [5.41, 5.74) is 1.81. The summed E-state index contributed by atoms with van der Waals surface area (Å²) in [4.78, 5) is 0. The van der Waals surface area contributed by atoms with Gasteiger partial charge in [-0.15, -0.1) is 0 Å². The average molecular weight is 274 g/mol. The Bertz CT molecular complexity index is 520. The van der Waals surface area contributed by atoms with Crippen molar-refractivity contribution in [2.24, 2.45) is 5.41 Å². The lowest BCUT2D eigenvalue weighted by atomic mass is 9.64. The maximum absolute atomic E-state index is 8.98. The topological polar surface area (TPSA) is 54.3 Å². The minimum Gasteiger partial charge on any atom is -0.496 e. The average Bonchev–Trinajstić information content (AvgIpc) is 2.46. The van der Waals surface area contributed by atoms with Gasteiger partial charge >= 0.3 is 0 Å². The SMILES string of the molecule is COc1ccc(C#N)cc1CNC1CC(OC)C1(C)C. The first-order valence-corrected chi connectivity index (χ1v) is 6.86. The van der Waals surface area contributed by atoms with Gasteiger partial charge in [0.05, 0.1) is 24.8 Å². The van der Waals surface area contributed by atoms with Gasteiger partial charge in [-0.05, 0) is 24.6 Å². The third-order valence-corrected chi connectivity index (χ3v) is 4.41. The van der Waals surface area contributed by atoms with Crippen LogP contribution in [0.1, 0.15) is 31.4 Å². The Labute approximate surface area is 120 Å². The predicted molar refractivity (Wildman–Crippen MR) is 77.5 cm³/mol. The molecule has 2 atom stereocenters. The van der Waals surface area contributed by atoms with Gasteiger partial charge in [0.2, 0.25) is 0 Å². The second-order valence-corrected chi connectivity index (χ2v) is 5.85. The van der Waals surface area contributed by atoms with Crippen molar-refractivity contribution in [3.63, 3.8) is 0 Å². The summed E-state index contributed by atoms with van der Waals surface area (Å²) >= 11 is 0. The van der Waals surface area contributed by atoms with Gasteiger partial charge in [-0.2, -0.15) is 5.26 Å². The van der Waals surface area contributed by atoms with E-state index < -0.39 is 0 Å². The third-order valence-electron chi connectivity index (χ3n) is 4.41. The third kappa shape index (κ3) is 2.65. The molecule has 1 aromatic carbocycles. The monoisotopic (exact) mass is 274 g/mol. The first-order valence-electron chi connectivity index (χ1n) is 6.86. The van der Waals surface area contributed by atoms with Gasteiger partial charge in [0, 0.05) is 30.7 Å². The van der Waals surface area contributed by atoms with E-state index in [1.165, 1.54) is 0 Å². The van der Waals surface area contributed by atoms with Crippen molar-refractivity contribution < 1.29 is 9.47 Å². The van der Waals surface area contributed by atoms with E-state index in [2.05, 4.69) is 25.2 Å². The van der Waals surface area contributed by atoms with Crippen molar-refractivity contribution in [2.75, 3.05) is 14.2 Å². The molecule has 0 saturated heterocycles. The maximum atomic E-state index is 8.98. The van der Waals surface area contributed by atoms with Crippen LogP contribution in [-0.4, -0.2) is 26.4 Å². The van der Waals surface area contributed by atoms with Gasteiger partial charge in [-0.3, -0.25) is 0 Å². The lowest BCUT2D eigenvalue weighted by Crippen LogP contribution is -2.60. The largest absolute Gasteiger partial charge is 0.496 e. The molecule has 20 heavy (non-hydrogen) atoms. The summed E-state index contributed by atoms with van der Waals surface area (Å²) in [5, 5.41) is 12.5. The molecule has 0 spiro atoms. The highest BCUT2D eigenvalue weighted by molar-refractivity contribution is 5.42. The van der Waals surface area contributed by atoms with Crippen LogP contribution in [0.25, 0.3) is 0 Å². The zero-order valence-corrected chi connectivity index (χ0v) is 12.6. The van der Waals surface area contributed by atoms with Crippen molar-refractivity contribution in [2.45, 2.75) is 39.0 Å². The van der Waals surface area contributed by atoms with Gasteiger partial charge in [0.1, 0.15) is 5.75 Å². The second-order valence-electron chi connectivity index (χ2n) is 5.85. The molecule has 2 unspecified atom stereocenters. The zero-order valence-electron chi connectivity index (χ0n) is 12.6. The fourth-order valence-corrected chi connectivity index (χ4v) is 2.85. The summed E-state index contributed by atoms with van der Waals surface area (Å²) in [6.45, 7) is 5.12. The van der Waals surface area contributed by atoms with E-state index in [9.17, 15) is 0 Å². The van der Waals surface area contributed by atoms with Crippen LogP contribution in [0, 0.1) is 16.7 Å². The number of methoxy groups -OCH3 is 2. The van der Waals surface area contributed by atoms with E-state index in [0.29, 0.717) is 24.3 Å². The first kappa shape index (κ1) is 14.8. The number of hydrogen-bond acceptors (Lipinski definition) is 4. The van der Waals surface area contributed by atoms with Gasteiger partial charge < -0.3 is 14.8 Å². The minimum absolute atomic E-state index is 0.134. The van der Waals surface area contributed by atoms with Crippen LogP contribution in [-0.2, 0) is 11.3 Å². The van der Waals surface area contributed by atoms with E-state index in [-0.39, 0.29) is 5.41 Å². The van der Waals surface area contributed by atoms with Gasteiger partial charge in [0.25, 0.3) is 0 Å². The summed E-state index contributed by atoms with van der Waals surface area (Å²) < 4.78 is 10.8. The van der Waals surface area contributed by atoms with E-state index in [1.807, 2.05) is 12.1 Å². The molecular weight excluding hydrogens is 252 g/mol. The van der Waals surface area contributed by atoms with Crippen LogP contribution in [0.5, 0.6) is 5.75 Å². The Morgan fingerprint density at radius 3 is 2.70 bits per heavy atom. The fourth-order valence-electron chi connectivity index (χ4n) is 2.85. The Hall–Kier alpha value is -1.57. The van der Waals surface area contributed by atoms with E-state index in [0.717, 1.165) is 17.7 Å². The van der Waals surface area contributed by atoms with E-state index in [1.54, 1.807) is 20.3 Å². The number of ether oxygens (including phenoxy) is 2. The highest BCUT2D eigenvalue weighted by atomic mass is 16.5. The molecule has 1 aromatic rings. The molecule has 0 aliphatic heterocycles. The molecule has 1 saturated carbocycles. The molecule has 0 amide bonds. The van der Waals surface area contributed by atoms with Crippen LogP contribution in [0.15, 0.2) is 18.2 Å². The van der Waals surface area contributed by atoms with Crippen molar-refractivity contribution in [1.29, 1.82) is 5.26 Å².